The summed E-state index contributed by atoms with van der Waals surface area (Å²) in [6.07, 6.45) is -0.587. The molecule has 2 aromatic rings. The molecule has 0 fully saturated rings. The largest absolute Gasteiger partial charge is 0.478 e. The Kier molecular flexibility index (Phi) is 5.14. The lowest BCUT2D eigenvalue weighted by Crippen LogP contribution is -2.28. The molecule has 0 radical (unpaired) electrons. The van der Waals surface area contributed by atoms with E-state index in [1.54, 1.807) is 25.1 Å². The fraction of sp³-hybridized carbons (Fsp3) is 0.176. The van der Waals surface area contributed by atoms with Gasteiger partial charge in [-0.3, -0.25) is 0 Å². The number of hydrogen-bond donors (Lipinski definition) is 2. The number of rotatable bonds is 5. The maximum absolute atomic E-state index is 11.8. The Morgan fingerprint density at radius 3 is 2.41 bits per heavy atom. The Morgan fingerprint density at radius 2 is 1.73 bits per heavy atom. The highest BCUT2D eigenvalue weighted by molar-refractivity contribution is 5.89. The van der Waals surface area contributed by atoms with Gasteiger partial charge >= 0.3 is 12.1 Å². The first-order valence-corrected chi connectivity index (χ1v) is 6.87. The molecule has 0 bridgehead atoms. The molecule has 0 aliphatic heterocycles. The molecule has 0 saturated carbocycles. The van der Waals surface area contributed by atoms with Crippen LogP contribution in [0.5, 0.6) is 0 Å². The van der Waals surface area contributed by atoms with E-state index in [-0.39, 0.29) is 12.2 Å². The molecule has 2 rings (SSSR count). The van der Waals surface area contributed by atoms with Gasteiger partial charge < -0.3 is 15.2 Å². The number of benzene rings is 2. The van der Waals surface area contributed by atoms with Crippen LogP contribution < -0.4 is 5.32 Å². The number of carboxylic acids is 1. The molecule has 2 N–H and O–H groups in total. The van der Waals surface area contributed by atoms with Crippen molar-refractivity contribution in [2.75, 3.05) is 0 Å². The van der Waals surface area contributed by atoms with Gasteiger partial charge in [0.05, 0.1) is 11.6 Å². The summed E-state index contributed by atoms with van der Waals surface area (Å²) < 4.78 is 5.12. The standard InChI is InChI=1S/C17H17NO4/c1-12(14-9-5-6-10-15(14)16(19)20)18-17(21)22-11-13-7-3-2-4-8-13/h2-10,12H,11H2,1H3,(H,18,21)(H,19,20)/t12-/m0/s1. The van der Waals surface area contributed by atoms with Gasteiger partial charge in [-0.05, 0) is 24.1 Å². The molecule has 22 heavy (non-hydrogen) atoms. The van der Waals surface area contributed by atoms with E-state index in [0.717, 1.165) is 5.56 Å². The third-order valence-electron chi connectivity index (χ3n) is 3.20. The number of ether oxygens (including phenoxy) is 1. The van der Waals surface area contributed by atoms with Crippen LogP contribution in [0.2, 0.25) is 0 Å². The summed E-state index contributed by atoms with van der Waals surface area (Å²) in [5.74, 6) is -1.03. The first-order valence-electron chi connectivity index (χ1n) is 6.87. The predicted octanol–water partition coefficient (Wildman–Crippen LogP) is 3.37. The van der Waals surface area contributed by atoms with Crippen LogP contribution in [-0.4, -0.2) is 17.2 Å². The molecule has 0 aliphatic rings. The number of aromatic carboxylic acids is 1. The van der Waals surface area contributed by atoms with Crippen LogP contribution in [0.4, 0.5) is 4.79 Å². The summed E-state index contributed by atoms with van der Waals surface area (Å²) in [6.45, 7) is 1.88. The molecular weight excluding hydrogens is 282 g/mol. The van der Waals surface area contributed by atoms with Gasteiger partial charge in [-0.2, -0.15) is 0 Å². The maximum atomic E-state index is 11.8. The van der Waals surface area contributed by atoms with Crippen LogP contribution in [0.1, 0.15) is 34.5 Å². The summed E-state index contributed by atoms with van der Waals surface area (Å²) in [4.78, 5) is 23.0. The molecule has 1 atom stereocenters. The molecule has 0 aliphatic carbocycles. The minimum Gasteiger partial charge on any atom is -0.478 e. The monoisotopic (exact) mass is 299 g/mol. The molecule has 114 valence electrons. The lowest BCUT2D eigenvalue weighted by atomic mass is 10.0. The lowest BCUT2D eigenvalue weighted by Gasteiger charge is -2.16. The topological polar surface area (TPSA) is 75.6 Å². The summed E-state index contributed by atoms with van der Waals surface area (Å²) in [5, 5.41) is 11.8. The molecule has 0 aromatic heterocycles. The number of carboxylic acid groups (broad SMARTS) is 1. The van der Waals surface area contributed by atoms with Crippen molar-refractivity contribution in [2.45, 2.75) is 19.6 Å². The summed E-state index contributed by atoms with van der Waals surface area (Å²) in [5.41, 5.74) is 1.58. The minimum atomic E-state index is -1.03. The number of hydrogen-bond acceptors (Lipinski definition) is 3. The number of nitrogens with one attached hydrogen (secondary N) is 1. The van der Waals surface area contributed by atoms with E-state index in [9.17, 15) is 9.59 Å². The van der Waals surface area contributed by atoms with E-state index >= 15 is 0 Å². The summed E-state index contributed by atoms with van der Waals surface area (Å²) in [7, 11) is 0. The van der Waals surface area contributed by atoms with Crippen molar-refractivity contribution in [3.8, 4) is 0 Å². The third kappa shape index (κ3) is 4.09. The molecule has 0 unspecified atom stereocenters. The molecule has 0 spiro atoms. The van der Waals surface area contributed by atoms with Crippen molar-refractivity contribution >= 4 is 12.1 Å². The normalized spacial score (nSPS) is 11.5. The zero-order chi connectivity index (χ0) is 15.9. The Hall–Kier alpha value is -2.82. The molecule has 5 heteroatoms. The molecule has 0 heterocycles. The molecule has 5 nitrogen and oxygen atoms in total. The number of carbonyl (C=O) groups excluding carboxylic acids is 1. The maximum Gasteiger partial charge on any atom is 0.407 e. The average molecular weight is 299 g/mol. The Bertz CT molecular complexity index is 655. The highest BCUT2D eigenvalue weighted by Gasteiger charge is 2.17. The van der Waals surface area contributed by atoms with Crippen LogP contribution in [0.15, 0.2) is 54.6 Å². The second-order valence-corrected chi connectivity index (χ2v) is 4.82. The third-order valence-corrected chi connectivity index (χ3v) is 3.20. The van der Waals surface area contributed by atoms with E-state index in [1.807, 2.05) is 30.3 Å². The van der Waals surface area contributed by atoms with Crippen molar-refractivity contribution in [3.63, 3.8) is 0 Å². The average Bonchev–Trinajstić information content (AvgIpc) is 2.54. The number of amides is 1. The minimum absolute atomic E-state index is 0.165. The van der Waals surface area contributed by atoms with E-state index in [4.69, 9.17) is 9.84 Å². The van der Waals surface area contributed by atoms with Gasteiger partial charge in [0.25, 0.3) is 0 Å². The molecular formula is C17H17NO4. The first kappa shape index (κ1) is 15.6. The first-order chi connectivity index (χ1) is 10.6. The van der Waals surface area contributed by atoms with Gasteiger partial charge in [-0.1, -0.05) is 48.5 Å². The highest BCUT2D eigenvalue weighted by Crippen LogP contribution is 2.18. The highest BCUT2D eigenvalue weighted by atomic mass is 16.5. The molecule has 0 saturated heterocycles. The Balaban J connectivity index is 1.95. The van der Waals surface area contributed by atoms with Gasteiger partial charge in [0.1, 0.15) is 6.61 Å². The Labute approximate surface area is 128 Å². The van der Waals surface area contributed by atoms with Gasteiger partial charge in [0.2, 0.25) is 0 Å². The summed E-state index contributed by atoms with van der Waals surface area (Å²) in [6, 6.07) is 15.4. The van der Waals surface area contributed by atoms with Crippen molar-refractivity contribution in [1.29, 1.82) is 0 Å². The second-order valence-electron chi connectivity index (χ2n) is 4.82. The lowest BCUT2D eigenvalue weighted by molar-refractivity contribution is 0.0694. The van der Waals surface area contributed by atoms with Crippen LogP contribution in [0.25, 0.3) is 0 Å². The second kappa shape index (κ2) is 7.26. The Morgan fingerprint density at radius 1 is 1.09 bits per heavy atom. The van der Waals surface area contributed by atoms with E-state index in [0.29, 0.717) is 5.56 Å². The van der Waals surface area contributed by atoms with E-state index < -0.39 is 18.1 Å². The van der Waals surface area contributed by atoms with Gasteiger partial charge in [0.15, 0.2) is 0 Å². The van der Waals surface area contributed by atoms with Crippen molar-refractivity contribution < 1.29 is 19.4 Å². The van der Waals surface area contributed by atoms with Crippen LogP contribution in [0.3, 0.4) is 0 Å². The zero-order valence-corrected chi connectivity index (χ0v) is 12.2. The zero-order valence-electron chi connectivity index (χ0n) is 12.2. The fourth-order valence-corrected chi connectivity index (χ4v) is 2.09. The molecule has 2 aromatic carbocycles. The van der Waals surface area contributed by atoms with Crippen molar-refractivity contribution in [3.05, 3.63) is 71.3 Å². The van der Waals surface area contributed by atoms with Crippen molar-refractivity contribution in [1.82, 2.24) is 5.32 Å². The number of carbonyl (C=O) groups is 2. The fourth-order valence-electron chi connectivity index (χ4n) is 2.09. The molecule has 1 amide bonds. The quantitative estimate of drug-likeness (QED) is 0.887. The predicted molar refractivity (Wildman–Crippen MR) is 81.6 cm³/mol. The van der Waals surface area contributed by atoms with Gasteiger partial charge in [-0.25, -0.2) is 9.59 Å². The van der Waals surface area contributed by atoms with E-state index in [2.05, 4.69) is 5.32 Å². The van der Waals surface area contributed by atoms with E-state index in [1.165, 1.54) is 6.07 Å². The summed E-state index contributed by atoms with van der Waals surface area (Å²) >= 11 is 0. The van der Waals surface area contributed by atoms with Gasteiger partial charge in [-0.15, -0.1) is 0 Å². The van der Waals surface area contributed by atoms with Crippen molar-refractivity contribution in [2.24, 2.45) is 0 Å². The number of alkyl carbamates (subject to hydrolysis) is 1. The van der Waals surface area contributed by atoms with Crippen LogP contribution >= 0.6 is 0 Å². The van der Waals surface area contributed by atoms with Crippen LogP contribution in [0, 0.1) is 0 Å². The van der Waals surface area contributed by atoms with Gasteiger partial charge in [0, 0.05) is 0 Å². The SMILES string of the molecule is C[C@H](NC(=O)OCc1ccccc1)c1ccccc1C(=O)O. The van der Waals surface area contributed by atoms with Crippen LogP contribution in [-0.2, 0) is 11.3 Å². The smallest absolute Gasteiger partial charge is 0.407 e.